The second-order valence-electron chi connectivity index (χ2n) is 9.97. The van der Waals surface area contributed by atoms with Gasteiger partial charge in [-0.25, -0.2) is 4.79 Å². The van der Waals surface area contributed by atoms with Gasteiger partial charge in [0.1, 0.15) is 0 Å². The summed E-state index contributed by atoms with van der Waals surface area (Å²) in [5.41, 5.74) is 5.37. The third-order valence-corrected chi connectivity index (χ3v) is 6.44. The van der Waals surface area contributed by atoms with Crippen LogP contribution in [-0.2, 0) is 21.4 Å². The van der Waals surface area contributed by atoms with Crippen LogP contribution in [0.4, 0.5) is 0 Å². The molecule has 0 unspecified atom stereocenters. The molecule has 2 nitrogen and oxygen atoms in total. The zero-order valence-corrected chi connectivity index (χ0v) is 20.6. The van der Waals surface area contributed by atoms with Crippen molar-refractivity contribution in [2.45, 2.75) is 51.9 Å². The fraction of sp³-hybridized carbons (Fsp3) is 0.281. The molecule has 174 valence electrons. The lowest BCUT2D eigenvalue weighted by Crippen LogP contribution is -2.13. The number of rotatable bonds is 8. The molecule has 0 fully saturated rings. The van der Waals surface area contributed by atoms with Crippen LogP contribution in [0.25, 0.3) is 32.7 Å². The third-order valence-electron chi connectivity index (χ3n) is 6.44. The molecule has 0 N–H and O–H groups in total. The Bertz CT molecular complexity index is 1250. The smallest absolute Gasteiger partial charge is 0.330 e. The summed E-state index contributed by atoms with van der Waals surface area (Å²) in [6.45, 7) is 10.8. The third kappa shape index (κ3) is 5.07. The Hall–Kier alpha value is -3.39. The Balaban J connectivity index is 1.62. The van der Waals surface area contributed by atoms with E-state index >= 15 is 0 Å². The lowest BCUT2D eigenvalue weighted by atomic mass is 9.78. The van der Waals surface area contributed by atoms with Crippen molar-refractivity contribution in [2.24, 2.45) is 0 Å². The highest BCUT2D eigenvalue weighted by Gasteiger charge is 2.23. The van der Waals surface area contributed by atoms with Crippen LogP contribution in [0, 0.1) is 0 Å². The molecular weight excluding hydrogens is 416 g/mol. The maximum absolute atomic E-state index is 11.1. The van der Waals surface area contributed by atoms with Crippen LogP contribution in [0.5, 0.6) is 0 Å². The van der Waals surface area contributed by atoms with Crippen LogP contribution in [-0.4, -0.2) is 12.6 Å². The van der Waals surface area contributed by atoms with E-state index in [0.717, 1.165) is 25.7 Å². The number of carbonyl (C=O) groups excluding carboxylic acids is 1. The maximum Gasteiger partial charge on any atom is 0.330 e. The molecule has 0 bridgehead atoms. The summed E-state index contributed by atoms with van der Waals surface area (Å²) < 4.78 is 5.05. The van der Waals surface area contributed by atoms with Crippen LogP contribution in [0.15, 0.2) is 85.5 Å². The first-order chi connectivity index (χ1) is 16.4. The molecular formula is C32H34O2. The van der Waals surface area contributed by atoms with Crippen LogP contribution < -0.4 is 0 Å². The van der Waals surface area contributed by atoms with Crippen molar-refractivity contribution in [1.82, 2.24) is 0 Å². The summed E-state index contributed by atoms with van der Waals surface area (Å²) in [6, 6.07) is 26.7. The number of unbranched alkanes of at least 4 members (excludes halogenated alkanes) is 2. The first-order valence-corrected chi connectivity index (χ1v) is 12.2. The minimum atomic E-state index is -0.342. The molecule has 0 heterocycles. The number of fused-ring (bicyclic) bond motifs is 2. The fourth-order valence-electron chi connectivity index (χ4n) is 4.93. The van der Waals surface area contributed by atoms with Crippen molar-refractivity contribution < 1.29 is 9.53 Å². The lowest BCUT2D eigenvalue weighted by Gasteiger charge is -2.26. The monoisotopic (exact) mass is 450 g/mol. The van der Waals surface area contributed by atoms with Crippen molar-refractivity contribution in [3.05, 3.63) is 96.6 Å². The van der Waals surface area contributed by atoms with Crippen LogP contribution in [0.3, 0.4) is 0 Å². The van der Waals surface area contributed by atoms with Crippen molar-refractivity contribution in [3.8, 4) is 11.1 Å². The molecule has 4 aromatic rings. The van der Waals surface area contributed by atoms with E-state index in [1.807, 2.05) is 0 Å². The fourth-order valence-corrected chi connectivity index (χ4v) is 4.93. The second-order valence-corrected chi connectivity index (χ2v) is 9.97. The predicted molar refractivity (Wildman–Crippen MR) is 144 cm³/mol. The zero-order chi connectivity index (χ0) is 24.1. The summed E-state index contributed by atoms with van der Waals surface area (Å²) in [5, 5.41) is 5.30. The molecule has 0 spiro atoms. The normalized spacial score (nSPS) is 11.6. The van der Waals surface area contributed by atoms with Gasteiger partial charge in [-0.2, -0.15) is 0 Å². The molecule has 0 radical (unpaired) electrons. The highest BCUT2D eigenvalue weighted by atomic mass is 16.5. The van der Waals surface area contributed by atoms with Crippen molar-refractivity contribution >= 4 is 27.5 Å². The Morgan fingerprint density at radius 3 is 1.88 bits per heavy atom. The second kappa shape index (κ2) is 10.3. The predicted octanol–water partition coefficient (Wildman–Crippen LogP) is 8.40. The van der Waals surface area contributed by atoms with Crippen molar-refractivity contribution in [3.63, 3.8) is 0 Å². The summed E-state index contributed by atoms with van der Waals surface area (Å²) in [6.07, 6.45) is 5.24. The number of ether oxygens (including phenoxy) is 1. The van der Waals surface area contributed by atoms with E-state index in [2.05, 4.69) is 100 Å². The van der Waals surface area contributed by atoms with E-state index in [0.29, 0.717) is 6.61 Å². The Kier molecular flexibility index (Phi) is 7.17. The van der Waals surface area contributed by atoms with Gasteiger partial charge in [0.15, 0.2) is 0 Å². The molecule has 0 saturated carbocycles. The number of hydrogen-bond acceptors (Lipinski definition) is 2. The van der Waals surface area contributed by atoms with Crippen LogP contribution in [0.1, 0.15) is 51.2 Å². The van der Waals surface area contributed by atoms with Crippen LogP contribution in [0.2, 0.25) is 0 Å². The highest BCUT2D eigenvalue weighted by Crippen LogP contribution is 2.43. The number of aryl methyl sites for hydroxylation is 1. The Morgan fingerprint density at radius 2 is 1.35 bits per heavy atom. The van der Waals surface area contributed by atoms with E-state index in [9.17, 15) is 4.79 Å². The molecule has 34 heavy (non-hydrogen) atoms. The van der Waals surface area contributed by atoms with Gasteiger partial charge in [0.2, 0.25) is 0 Å². The van der Waals surface area contributed by atoms with Gasteiger partial charge in [0.25, 0.3) is 0 Å². The van der Waals surface area contributed by atoms with Gasteiger partial charge < -0.3 is 4.74 Å². The van der Waals surface area contributed by atoms with E-state index < -0.39 is 0 Å². The maximum atomic E-state index is 11.1. The quantitative estimate of drug-likeness (QED) is 0.117. The summed E-state index contributed by atoms with van der Waals surface area (Å²) in [4.78, 5) is 11.1. The van der Waals surface area contributed by atoms with Crippen molar-refractivity contribution in [2.75, 3.05) is 6.61 Å². The number of hydrogen-bond donors (Lipinski definition) is 0. The topological polar surface area (TPSA) is 26.3 Å². The molecule has 0 aromatic heterocycles. The Morgan fingerprint density at radius 1 is 0.794 bits per heavy atom. The van der Waals surface area contributed by atoms with Gasteiger partial charge in [-0.1, -0.05) is 100 Å². The SMILES string of the molecule is C=CC(=O)OCCCCCc1ccc(-c2c3ccccc3c(C(C)(C)C)c3ccccc23)cc1. The van der Waals surface area contributed by atoms with Gasteiger partial charge in [0, 0.05) is 6.08 Å². The summed E-state index contributed by atoms with van der Waals surface area (Å²) in [5.74, 6) is -0.342. The van der Waals surface area contributed by atoms with Crippen molar-refractivity contribution in [1.29, 1.82) is 0 Å². The Labute approximate surface area is 203 Å². The van der Waals surface area contributed by atoms with Gasteiger partial charge in [-0.3, -0.25) is 0 Å². The van der Waals surface area contributed by atoms with Gasteiger partial charge in [-0.15, -0.1) is 0 Å². The first-order valence-electron chi connectivity index (χ1n) is 12.2. The van der Waals surface area contributed by atoms with Gasteiger partial charge >= 0.3 is 5.97 Å². The minimum absolute atomic E-state index is 0.0472. The molecule has 2 heteroatoms. The molecule has 0 aliphatic carbocycles. The minimum Gasteiger partial charge on any atom is -0.463 e. The average Bonchev–Trinajstić information content (AvgIpc) is 2.84. The highest BCUT2D eigenvalue weighted by molar-refractivity contribution is 6.15. The lowest BCUT2D eigenvalue weighted by molar-refractivity contribution is -0.137. The van der Waals surface area contributed by atoms with E-state index in [1.165, 1.54) is 49.9 Å². The van der Waals surface area contributed by atoms with E-state index in [4.69, 9.17) is 4.74 Å². The first kappa shape index (κ1) is 23.8. The molecule has 0 aliphatic heterocycles. The molecule has 4 aromatic carbocycles. The summed E-state index contributed by atoms with van der Waals surface area (Å²) >= 11 is 0. The zero-order valence-electron chi connectivity index (χ0n) is 20.6. The molecule has 0 amide bonds. The molecule has 4 rings (SSSR count). The van der Waals surface area contributed by atoms with E-state index in [-0.39, 0.29) is 11.4 Å². The molecule has 0 aliphatic rings. The standard InChI is InChI=1S/C32H34O2/c1-5-29(33)34-22-12-6-7-13-23-18-20-24(21-19-23)30-25-14-8-10-16-27(25)31(32(2,3)4)28-17-11-9-15-26(28)30/h5,8-11,14-21H,1,6-7,12-13,22H2,2-4H3. The van der Waals surface area contributed by atoms with E-state index in [1.54, 1.807) is 0 Å². The van der Waals surface area contributed by atoms with Gasteiger partial charge in [-0.05, 0) is 74.9 Å². The molecule has 0 atom stereocenters. The number of carbonyl (C=O) groups is 1. The molecule has 0 saturated heterocycles. The van der Waals surface area contributed by atoms with Gasteiger partial charge in [0.05, 0.1) is 6.61 Å². The number of esters is 1. The number of benzene rings is 4. The largest absolute Gasteiger partial charge is 0.463 e. The summed E-state index contributed by atoms with van der Waals surface area (Å²) in [7, 11) is 0. The van der Waals surface area contributed by atoms with Crippen LogP contribution >= 0.6 is 0 Å². The average molecular weight is 451 g/mol.